The molecule has 0 saturated heterocycles. The van der Waals surface area contributed by atoms with E-state index in [9.17, 15) is 4.79 Å². The molecule has 0 unspecified atom stereocenters. The minimum Gasteiger partial charge on any atom is -0.481 e. The molecule has 0 saturated carbocycles. The molecule has 21 heavy (non-hydrogen) atoms. The van der Waals surface area contributed by atoms with E-state index < -0.39 is 5.97 Å². The molecule has 2 aromatic rings. The number of benzene rings is 2. The fourth-order valence-electron chi connectivity index (χ4n) is 2.10. The van der Waals surface area contributed by atoms with Crippen molar-refractivity contribution in [1.82, 2.24) is 0 Å². The van der Waals surface area contributed by atoms with Crippen molar-refractivity contribution in [3.63, 3.8) is 0 Å². The zero-order chi connectivity index (χ0) is 15.4. The summed E-state index contributed by atoms with van der Waals surface area (Å²) in [4.78, 5) is 11.9. The molecule has 0 aromatic heterocycles. The van der Waals surface area contributed by atoms with Gasteiger partial charge in [-0.2, -0.15) is 0 Å². The predicted molar refractivity (Wildman–Crippen MR) is 83.0 cm³/mol. The molecule has 0 N–H and O–H groups in total. The quantitative estimate of drug-likeness (QED) is 0.631. The Hall–Kier alpha value is -2.29. The first-order valence-corrected chi connectivity index (χ1v) is 6.94. The minimum absolute atomic E-state index is 0.0986. The number of esters is 1. The second kappa shape index (κ2) is 6.44. The Kier molecular flexibility index (Phi) is 4.63. The summed E-state index contributed by atoms with van der Waals surface area (Å²) in [5.74, 6) is 0.892. The van der Waals surface area contributed by atoms with Gasteiger partial charge in [0.1, 0.15) is 11.5 Å². The lowest BCUT2D eigenvalue weighted by Crippen LogP contribution is -2.18. The van der Waals surface area contributed by atoms with Gasteiger partial charge in [0.05, 0.1) is 0 Å². The van der Waals surface area contributed by atoms with E-state index in [-0.39, 0.29) is 6.61 Å². The molecule has 0 bridgehead atoms. The van der Waals surface area contributed by atoms with E-state index in [1.807, 2.05) is 58.0 Å². The van der Waals surface area contributed by atoms with Crippen molar-refractivity contribution in [3.8, 4) is 11.5 Å². The average Bonchev–Trinajstić information content (AvgIpc) is 2.42. The predicted octanol–water partition coefficient (Wildman–Crippen LogP) is 3.90. The highest BCUT2D eigenvalue weighted by Crippen LogP contribution is 2.22. The van der Waals surface area contributed by atoms with Gasteiger partial charge in [0.2, 0.25) is 0 Å². The zero-order valence-electron chi connectivity index (χ0n) is 12.9. The second-order valence-electron chi connectivity index (χ2n) is 5.23. The van der Waals surface area contributed by atoms with Gasteiger partial charge in [-0.1, -0.05) is 24.3 Å². The van der Waals surface area contributed by atoms with Gasteiger partial charge in [0, 0.05) is 0 Å². The summed E-state index contributed by atoms with van der Waals surface area (Å²) in [7, 11) is 0. The lowest BCUT2D eigenvalue weighted by Gasteiger charge is -2.11. The Morgan fingerprint density at radius 1 is 0.905 bits per heavy atom. The molecule has 0 aliphatic rings. The van der Waals surface area contributed by atoms with Gasteiger partial charge in [-0.05, 0) is 62.1 Å². The third kappa shape index (κ3) is 3.85. The highest BCUT2D eigenvalue weighted by Gasteiger charge is 2.09. The largest absolute Gasteiger partial charge is 0.481 e. The summed E-state index contributed by atoms with van der Waals surface area (Å²) in [6, 6.07) is 11.5. The summed E-state index contributed by atoms with van der Waals surface area (Å²) in [5, 5.41) is 0. The van der Waals surface area contributed by atoms with Gasteiger partial charge < -0.3 is 9.47 Å². The number of carbonyl (C=O) groups is 1. The molecule has 0 amide bonds. The first-order chi connectivity index (χ1) is 9.97. The lowest BCUT2D eigenvalue weighted by atomic mass is 10.1. The Morgan fingerprint density at radius 2 is 1.57 bits per heavy atom. The number of aryl methyl sites for hydroxylation is 4. The van der Waals surface area contributed by atoms with Crippen molar-refractivity contribution in [2.45, 2.75) is 27.7 Å². The third-order valence-electron chi connectivity index (χ3n) is 3.45. The molecule has 0 atom stereocenters. The van der Waals surface area contributed by atoms with Crippen molar-refractivity contribution in [3.05, 3.63) is 58.7 Å². The molecule has 0 aliphatic heterocycles. The van der Waals surface area contributed by atoms with Crippen LogP contribution in [0.25, 0.3) is 0 Å². The summed E-state index contributed by atoms with van der Waals surface area (Å²) in [6.07, 6.45) is 0. The molecule has 3 nitrogen and oxygen atoms in total. The van der Waals surface area contributed by atoms with Crippen molar-refractivity contribution >= 4 is 5.97 Å². The Morgan fingerprint density at radius 3 is 2.19 bits per heavy atom. The number of carbonyl (C=O) groups excluding carboxylic acids is 1. The fourth-order valence-corrected chi connectivity index (χ4v) is 2.10. The molecule has 2 aromatic carbocycles. The summed E-state index contributed by atoms with van der Waals surface area (Å²) >= 11 is 0. The first kappa shape index (κ1) is 15.1. The minimum atomic E-state index is -0.402. The zero-order valence-corrected chi connectivity index (χ0v) is 12.9. The summed E-state index contributed by atoms with van der Waals surface area (Å²) in [5.41, 5.74) is 4.28. The van der Waals surface area contributed by atoms with Gasteiger partial charge in [-0.15, -0.1) is 0 Å². The van der Waals surface area contributed by atoms with E-state index in [0.717, 1.165) is 22.4 Å². The van der Waals surface area contributed by atoms with Gasteiger partial charge in [-0.3, -0.25) is 0 Å². The Balaban J connectivity index is 1.97. The van der Waals surface area contributed by atoms with Gasteiger partial charge in [-0.25, -0.2) is 4.79 Å². The van der Waals surface area contributed by atoms with Gasteiger partial charge in [0.15, 0.2) is 6.61 Å². The number of hydrogen-bond donors (Lipinski definition) is 0. The topological polar surface area (TPSA) is 35.5 Å². The van der Waals surface area contributed by atoms with E-state index in [4.69, 9.17) is 9.47 Å². The molecule has 2 rings (SSSR count). The normalized spacial score (nSPS) is 10.3. The van der Waals surface area contributed by atoms with Crippen LogP contribution in [0.3, 0.4) is 0 Å². The molecular weight excluding hydrogens is 264 g/mol. The van der Waals surface area contributed by atoms with Crippen LogP contribution in [0.4, 0.5) is 0 Å². The van der Waals surface area contributed by atoms with Crippen LogP contribution >= 0.6 is 0 Å². The Bertz CT molecular complexity index is 639. The van der Waals surface area contributed by atoms with Crippen molar-refractivity contribution in [2.24, 2.45) is 0 Å². The van der Waals surface area contributed by atoms with Crippen LogP contribution < -0.4 is 9.47 Å². The molecule has 0 fully saturated rings. The highest BCUT2D eigenvalue weighted by atomic mass is 16.6. The first-order valence-electron chi connectivity index (χ1n) is 6.94. The molecule has 3 heteroatoms. The SMILES string of the molecule is Cc1ccc(OC(=O)COc2c(C)cccc2C)cc1C. The molecule has 0 spiro atoms. The maximum Gasteiger partial charge on any atom is 0.349 e. The molecule has 0 aliphatic carbocycles. The number of ether oxygens (including phenoxy) is 2. The molecule has 0 heterocycles. The molecular formula is C18H20O3. The van der Waals surface area contributed by atoms with E-state index in [1.165, 1.54) is 5.56 Å². The fraction of sp³-hybridized carbons (Fsp3) is 0.278. The maximum absolute atomic E-state index is 11.9. The van der Waals surface area contributed by atoms with Crippen molar-refractivity contribution in [2.75, 3.05) is 6.61 Å². The number of para-hydroxylation sites is 1. The standard InChI is InChI=1S/C18H20O3/c1-12-8-9-16(10-15(12)4)21-17(19)11-20-18-13(2)6-5-7-14(18)3/h5-10H,11H2,1-4H3. The average molecular weight is 284 g/mol. The van der Waals surface area contributed by atoms with Crippen LogP contribution in [0.15, 0.2) is 36.4 Å². The van der Waals surface area contributed by atoms with Gasteiger partial charge >= 0.3 is 5.97 Å². The van der Waals surface area contributed by atoms with Crippen LogP contribution in [0, 0.1) is 27.7 Å². The van der Waals surface area contributed by atoms with Crippen LogP contribution in [0.5, 0.6) is 11.5 Å². The van der Waals surface area contributed by atoms with Crippen LogP contribution in [0.1, 0.15) is 22.3 Å². The molecule has 110 valence electrons. The summed E-state index contributed by atoms with van der Waals surface area (Å²) in [6.45, 7) is 7.82. The van der Waals surface area contributed by atoms with Crippen LogP contribution in [0.2, 0.25) is 0 Å². The van der Waals surface area contributed by atoms with E-state index in [0.29, 0.717) is 5.75 Å². The van der Waals surface area contributed by atoms with E-state index >= 15 is 0 Å². The smallest absolute Gasteiger partial charge is 0.349 e. The van der Waals surface area contributed by atoms with Crippen LogP contribution in [-0.2, 0) is 4.79 Å². The second-order valence-corrected chi connectivity index (χ2v) is 5.23. The van der Waals surface area contributed by atoms with E-state index in [2.05, 4.69) is 0 Å². The summed E-state index contributed by atoms with van der Waals surface area (Å²) < 4.78 is 10.9. The monoisotopic (exact) mass is 284 g/mol. The number of hydrogen-bond acceptors (Lipinski definition) is 3. The van der Waals surface area contributed by atoms with Crippen molar-refractivity contribution in [1.29, 1.82) is 0 Å². The molecule has 0 radical (unpaired) electrons. The van der Waals surface area contributed by atoms with Crippen molar-refractivity contribution < 1.29 is 14.3 Å². The lowest BCUT2D eigenvalue weighted by molar-refractivity contribution is -0.136. The van der Waals surface area contributed by atoms with E-state index in [1.54, 1.807) is 6.07 Å². The Labute approximate surface area is 125 Å². The van der Waals surface area contributed by atoms with Crippen LogP contribution in [-0.4, -0.2) is 12.6 Å². The number of rotatable bonds is 4. The highest BCUT2D eigenvalue weighted by molar-refractivity contribution is 5.74. The third-order valence-corrected chi connectivity index (χ3v) is 3.45. The maximum atomic E-state index is 11.9. The van der Waals surface area contributed by atoms with Gasteiger partial charge in [0.25, 0.3) is 0 Å².